The zero-order valence-corrected chi connectivity index (χ0v) is 18.6. The molecule has 1 fully saturated rings. The molecule has 0 radical (unpaired) electrons. The van der Waals surface area contributed by atoms with Crippen molar-refractivity contribution in [1.82, 2.24) is 14.0 Å². The van der Waals surface area contributed by atoms with Gasteiger partial charge in [0.25, 0.3) is 5.56 Å². The van der Waals surface area contributed by atoms with Crippen LogP contribution in [0.3, 0.4) is 0 Å². The standard InChI is InChI=1S/C24H27N3O3S/c1-25(16-9-4-2-5-10-16)20(28)15-26-23-21(18-13-8-14-19(18)31-23)22(29)27(24(26)30)17-11-6-3-7-12-17/h3,6-7,11-12,16H,2,4-5,8-10,13-15H2,1H3. The number of thiophene rings is 1. The Morgan fingerprint density at radius 2 is 1.81 bits per heavy atom. The van der Waals surface area contributed by atoms with E-state index in [2.05, 4.69) is 0 Å². The molecule has 0 unspecified atom stereocenters. The molecule has 162 valence electrons. The lowest BCUT2D eigenvalue weighted by Crippen LogP contribution is -2.44. The Balaban J connectivity index is 1.64. The molecule has 0 aliphatic heterocycles. The van der Waals surface area contributed by atoms with Crippen molar-refractivity contribution in [3.63, 3.8) is 0 Å². The first-order chi connectivity index (χ1) is 15.1. The summed E-state index contributed by atoms with van der Waals surface area (Å²) in [4.78, 5) is 43.8. The highest BCUT2D eigenvalue weighted by Gasteiger charge is 2.28. The van der Waals surface area contributed by atoms with E-state index in [1.165, 1.54) is 31.8 Å². The minimum Gasteiger partial charge on any atom is -0.341 e. The maximum Gasteiger partial charge on any atom is 0.337 e. The molecule has 1 saturated carbocycles. The maximum atomic E-state index is 13.5. The van der Waals surface area contributed by atoms with Gasteiger partial charge in [-0.2, -0.15) is 0 Å². The molecule has 2 aliphatic carbocycles. The van der Waals surface area contributed by atoms with Crippen molar-refractivity contribution in [1.29, 1.82) is 0 Å². The fourth-order valence-corrected chi connectivity index (χ4v) is 6.44. The molecule has 2 aliphatic rings. The third kappa shape index (κ3) is 3.45. The smallest absolute Gasteiger partial charge is 0.337 e. The molecule has 2 heterocycles. The van der Waals surface area contributed by atoms with E-state index >= 15 is 0 Å². The van der Waals surface area contributed by atoms with Crippen molar-refractivity contribution >= 4 is 27.5 Å². The number of carbonyl (C=O) groups excluding carboxylic acids is 1. The molecular formula is C24H27N3O3S. The van der Waals surface area contributed by atoms with Crippen molar-refractivity contribution < 1.29 is 4.79 Å². The van der Waals surface area contributed by atoms with Gasteiger partial charge in [-0.1, -0.05) is 37.5 Å². The van der Waals surface area contributed by atoms with E-state index in [-0.39, 0.29) is 24.1 Å². The van der Waals surface area contributed by atoms with E-state index in [0.29, 0.717) is 15.9 Å². The number of hydrogen-bond acceptors (Lipinski definition) is 4. The van der Waals surface area contributed by atoms with Gasteiger partial charge in [0.2, 0.25) is 5.91 Å². The molecular weight excluding hydrogens is 410 g/mol. The van der Waals surface area contributed by atoms with E-state index in [0.717, 1.165) is 50.5 Å². The molecule has 1 amide bonds. The minimum atomic E-state index is -0.436. The van der Waals surface area contributed by atoms with Gasteiger partial charge in [-0.05, 0) is 49.8 Å². The number of aromatic nitrogens is 2. The lowest BCUT2D eigenvalue weighted by molar-refractivity contribution is -0.133. The Kier molecular flexibility index (Phi) is 5.30. The van der Waals surface area contributed by atoms with Crippen LogP contribution < -0.4 is 11.2 Å². The number of rotatable bonds is 4. The molecule has 6 nitrogen and oxygen atoms in total. The predicted molar refractivity (Wildman–Crippen MR) is 123 cm³/mol. The van der Waals surface area contributed by atoms with Crippen LogP contribution in [0, 0.1) is 0 Å². The zero-order chi connectivity index (χ0) is 21.5. The number of likely N-dealkylation sites (N-methyl/N-ethyl adjacent to an activating group) is 1. The Bertz CT molecular complexity index is 1250. The van der Waals surface area contributed by atoms with E-state index < -0.39 is 5.69 Å². The summed E-state index contributed by atoms with van der Waals surface area (Å²) in [5.41, 5.74) is 0.902. The molecule has 0 bridgehead atoms. The molecule has 0 saturated heterocycles. The second kappa shape index (κ2) is 8.11. The summed E-state index contributed by atoms with van der Waals surface area (Å²) >= 11 is 1.51. The highest BCUT2D eigenvalue weighted by molar-refractivity contribution is 7.19. The van der Waals surface area contributed by atoms with Crippen LogP contribution in [-0.4, -0.2) is 33.0 Å². The Morgan fingerprint density at radius 1 is 1.06 bits per heavy atom. The number of aryl methyl sites for hydroxylation is 2. The molecule has 5 rings (SSSR count). The predicted octanol–water partition coefficient (Wildman–Crippen LogP) is 3.49. The van der Waals surface area contributed by atoms with Crippen LogP contribution in [0.4, 0.5) is 0 Å². The molecule has 2 aromatic heterocycles. The number of amides is 1. The average Bonchev–Trinajstić information content (AvgIpc) is 3.39. The van der Waals surface area contributed by atoms with Crippen molar-refractivity contribution in [3.8, 4) is 5.69 Å². The topological polar surface area (TPSA) is 64.3 Å². The van der Waals surface area contributed by atoms with Gasteiger partial charge in [0, 0.05) is 18.0 Å². The molecule has 0 atom stereocenters. The highest BCUT2D eigenvalue weighted by atomic mass is 32.1. The Morgan fingerprint density at radius 3 is 2.55 bits per heavy atom. The monoisotopic (exact) mass is 437 g/mol. The Labute approximate surface area is 184 Å². The first kappa shape index (κ1) is 20.2. The fourth-order valence-electron chi connectivity index (χ4n) is 5.07. The van der Waals surface area contributed by atoms with Crippen molar-refractivity contribution in [2.75, 3.05) is 7.05 Å². The molecule has 7 heteroatoms. The lowest BCUT2D eigenvalue weighted by atomic mass is 9.94. The van der Waals surface area contributed by atoms with Crippen molar-refractivity contribution in [2.24, 2.45) is 0 Å². The summed E-state index contributed by atoms with van der Waals surface area (Å²) in [6.45, 7) is -0.0329. The van der Waals surface area contributed by atoms with Crippen LogP contribution in [0.2, 0.25) is 0 Å². The van der Waals surface area contributed by atoms with Gasteiger partial charge in [0.05, 0.1) is 11.1 Å². The average molecular weight is 438 g/mol. The molecule has 31 heavy (non-hydrogen) atoms. The third-order valence-corrected chi connectivity index (χ3v) is 8.13. The van der Waals surface area contributed by atoms with Crippen molar-refractivity contribution in [3.05, 3.63) is 61.6 Å². The Hall–Kier alpha value is -2.67. The van der Waals surface area contributed by atoms with E-state index in [1.807, 2.05) is 30.1 Å². The van der Waals surface area contributed by atoms with Gasteiger partial charge < -0.3 is 4.90 Å². The minimum absolute atomic E-state index is 0.0329. The molecule has 3 aromatic rings. The molecule has 0 N–H and O–H groups in total. The van der Waals surface area contributed by atoms with Gasteiger partial charge in [-0.25, -0.2) is 9.36 Å². The summed E-state index contributed by atoms with van der Waals surface area (Å²) in [5.74, 6) is -0.0675. The summed E-state index contributed by atoms with van der Waals surface area (Å²) in [7, 11) is 1.85. The van der Waals surface area contributed by atoms with Gasteiger partial charge in [0.15, 0.2) is 0 Å². The summed E-state index contributed by atoms with van der Waals surface area (Å²) in [6.07, 6.45) is 8.36. The molecule has 1 aromatic carbocycles. The maximum absolute atomic E-state index is 13.5. The third-order valence-electron chi connectivity index (χ3n) is 6.81. The van der Waals surface area contributed by atoms with Gasteiger partial charge in [0.1, 0.15) is 11.4 Å². The van der Waals surface area contributed by atoms with Gasteiger partial charge in [-0.3, -0.25) is 14.2 Å². The first-order valence-electron chi connectivity index (χ1n) is 11.2. The van der Waals surface area contributed by atoms with Crippen LogP contribution in [0.5, 0.6) is 0 Å². The number of para-hydroxylation sites is 1. The van der Waals surface area contributed by atoms with Crippen LogP contribution in [0.1, 0.15) is 49.0 Å². The first-order valence-corrected chi connectivity index (χ1v) is 12.0. The number of nitrogens with zero attached hydrogens (tertiary/aromatic N) is 3. The number of hydrogen-bond donors (Lipinski definition) is 0. The normalized spacial score (nSPS) is 16.5. The van der Waals surface area contributed by atoms with E-state index in [1.54, 1.807) is 12.1 Å². The zero-order valence-electron chi connectivity index (χ0n) is 17.8. The van der Waals surface area contributed by atoms with Crippen LogP contribution >= 0.6 is 11.3 Å². The van der Waals surface area contributed by atoms with Crippen LogP contribution in [0.15, 0.2) is 39.9 Å². The van der Waals surface area contributed by atoms with Crippen LogP contribution in [-0.2, 0) is 24.2 Å². The van der Waals surface area contributed by atoms with E-state index in [4.69, 9.17) is 0 Å². The number of carbonyl (C=O) groups is 1. The van der Waals surface area contributed by atoms with Gasteiger partial charge >= 0.3 is 5.69 Å². The largest absolute Gasteiger partial charge is 0.341 e. The highest BCUT2D eigenvalue weighted by Crippen LogP contribution is 2.35. The van der Waals surface area contributed by atoms with Crippen molar-refractivity contribution in [2.45, 2.75) is 64.0 Å². The second-order valence-corrected chi connectivity index (χ2v) is 9.76. The summed E-state index contributed by atoms with van der Waals surface area (Å²) in [5, 5.41) is 0.620. The lowest BCUT2D eigenvalue weighted by Gasteiger charge is -2.31. The summed E-state index contributed by atoms with van der Waals surface area (Å²) in [6, 6.07) is 9.26. The van der Waals surface area contributed by atoms with Crippen LogP contribution in [0.25, 0.3) is 15.9 Å². The number of benzene rings is 1. The quantitative estimate of drug-likeness (QED) is 0.628. The molecule has 0 spiro atoms. The summed E-state index contributed by atoms with van der Waals surface area (Å²) < 4.78 is 2.77. The fraction of sp³-hybridized carbons (Fsp3) is 0.458. The van der Waals surface area contributed by atoms with Gasteiger partial charge in [-0.15, -0.1) is 11.3 Å². The number of fused-ring (bicyclic) bond motifs is 3. The van der Waals surface area contributed by atoms with E-state index in [9.17, 15) is 14.4 Å². The SMILES string of the molecule is CN(C(=O)Cn1c(=O)n(-c2ccccc2)c(=O)c2c3c(sc21)CCC3)C1CCCCC1. The second-order valence-electron chi connectivity index (χ2n) is 8.68.